The van der Waals surface area contributed by atoms with Crippen LogP contribution in [-0.2, 0) is 19.4 Å². The zero-order chi connectivity index (χ0) is 11.1. The number of hydrogen-bond acceptors (Lipinski definition) is 1. The topological polar surface area (TPSA) is 27.8 Å². The standard InChI is InChI=1S/C13H15FN2/c1-2-8-11(14)4-3-9-10-7-15-6-5-12(10)16-13(8)9/h3-4,15-16H,2,5-7H2,1H3. The van der Waals surface area contributed by atoms with Gasteiger partial charge in [-0.25, -0.2) is 4.39 Å². The molecule has 0 aliphatic carbocycles. The van der Waals surface area contributed by atoms with Crippen LogP contribution in [0.5, 0.6) is 0 Å². The molecule has 1 aromatic carbocycles. The molecule has 84 valence electrons. The fraction of sp³-hybridized carbons (Fsp3) is 0.385. The van der Waals surface area contributed by atoms with Crippen LogP contribution in [0.3, 0.4) is 0 Å². The zero-order valence-corrected chi connectivity index (χ0v) is 9.36. The number of fused-ring (bicyclic) bond motifs is 3. The van der Waals surface area contributed by atoms with Crippen LogP contribution >= 0.6 is 0 Å². The molecule has 0 radical (unpaired) electrons. The lowest BCUT2D eigenvalue weighted by molar-refractivity contribution is 0.614. The van der Waals surface area contributed by atoms with Gasteiger partial charge < -0.3 is 10.3 Å². The molecule has 0 saturated carbocycles. The van der Waals surface area contributed by atoms with Crippen molar-refractivity contribution in [3.05, 3.63) is 34.8 Å². The van der Waals surface area contributed by atoms with Gasteiger partial charge in [0, 0.05) is 36.2 Å². The molecule has 0 saturated heterocycles. The minimum Gasteiger partial charge on any atom is -0.358 e. The molecular weight excluding hydrogens is 203 g/mol. The third-order valence-electron chi connectivity index (χ3n) is 3.43. The lowest BCUT2D eigenvalue weighted by Crippen LogP contribution is -2.22. The summed E-state index contributed by atoms with van der Waals surface area (Å²) in [5.41, 5.74) is 4.40. The van der Waals surface area contributed by atoms with Gasteiger partial charge in [-0.2, -0.15) is 0 Å². The van der Waals surface area contributed by atoms with E-state index in [9.17, 15) is 4.39 Å². The molecule has 2 N–H and O–H groups in total. The first-order valence-electron chi connectivity index (χ1n) is 5.82. The summed E-state index contributed by atoms with van der Waals surface area (Å²) in [4.78, 5) is 3.40. The highest BCUT2D eigenvalue weighted by molar-refractivity contribution is 5.87. The summed E-state index contributed by atoms with van der Waals surface area (Å²) in [6.45, 7) is 3.89. The molecule has 0 bridgehead atoms. The molecule has 3 heteroatoms. The normalized spacial score (nSPS) is 15.4. The number of aromatic nitrogens is 1. The predicted octanol–water partition coefficient (Wildman–Crippen LogP) is 2.52. The van der Waals surface area contributed by atoms with Crippen LogP contribution in [0.1, 0.15) is 23.7 Å². The van der Waals surface area contributed by atoms with E-state index < -0.39 is 0 Å². The number of rotatable bonds is 1. The first-order chi connectivity index (χ1) is 7.81. The largest absolute Gasteiger partial charge is 0.358 e. The van der Waals surface area contributed by atoms with Gasteiger partial charge in [0.1, 0.15) is 5.82 Å². The van der Waals surface area contributed by atoms with Crippen LogP contribution in [0.25, 0.3) is 10.9 Å². The van der Waals surface area contributed by atoms with Crippen LogP contribution in [0, 0.1) is 5.82 Å². The number of halogens is 1. The fourth-order valence-corrected chi connectivity index (χ4v) is 2.59. The van der Waals surface area contributed by atoms with Crippen molar-refractivity contribution in [3.8, 4) is 0 Å². The first kappa shape index (κ1) is 9.85. The van der Waals surface area contributed by atoms with Crippen LogP contribution in [0.15, 0.2) is 12.1 Å². The number of aryl methyl sites for hydroxylation is 1. The highest BCUT2D eigenvalue weighted by Gasteiger charge is 2.17. The quantitative estimate of drug-likeness (QED) is 0.756. The first-order valence-corrected chi connectivity index (χ1v) is 5.82. The highest BCUT2D eigenvalue weighted by atomic mass is 19.1. The Morgan fingerprint density at radius 1 is 1.38 bits per heavy atom. The molecule has 3 rings (SSSR count). The van der Waals surface area contributed by atoms with E-state index in [-0.39, 0.29) is 5.82 Å². The lowest BCUT2D eigenvalue weighted by Gasteiger charge is -2.12. The van der Waals surface area contributed by atoms with Crippen molar-refractivity contribution in [1.82, 2.24) is 10.3 Å². The van der Waals surface area contributed by atoms with Crippen LogP contribution in [0.4, 0.5) is 4.39 Å². The molecule has 2 aromatic rings. The van der Waals surface area contributed by atoms with Gasteiger partial charge in [-0.15, -0.1) is 0 Å². The third-order valence-corrected chi connectivity index (χ3v) is 3.43. The molecule has 2 heterocycles. The maximum absolute atomic E-state index is 13.6. The minimum absolute atomic E-state index is 0.0958. The second kappa shape index (κ2) is 3.59. The van der Waals surface area contributed by atoms with Crippen LogP contribution in [0.2, 0.25) is 0 Å². The van der Waals surface area contributed by atoms with Gasteiger partial charge in [0.15, 0.2) is 0 Å². The summed E-state index contributed by atoms with van der Waals surface area (Å²) in [7, 11) is 0. The van der Waals surface area contributed by atoms with Gasteiger partial charge in [-0.3, -0.25) is 0 Å². The van der Waals surface area contributed by atoms with Crippen LogP contribution < -0.4 is 5.32 Å². The van der Waals surface area contributed by atoms with Crippen molar-refractivity contribution in [2.75, 3.05) is 6.54 Å². The molecule has 2 nitrogen and oxygen atoms in total. The zero-order valence-electron chi connectivity index (χ0n) is 9.36. The van der Waals surface area contributed by atoms with E-state index in [0.29, 0.717) is 0 Å². The Morgan fingerprint density at radius 2 is 2.25 bits per heavy atom. The van der Waals surface area contributed by atoms with Gasteiger partial charge in [0.05, 0.1) is 5.52 Å². The summed E-state index contributed by atoms with van der Waals surface area (Å²) < 4.78 is 13.6. The molecular formula is C13H15FN2. The predicted molar refractivity (Wildman–Crippen MR) is 63.0 cm³/mol. The van der Waals surface area contributed by atoms with E-state index >= 15 is 0 Å². The van der Waals surface area contributed by atoms with Crippen LogP contribution in [-0.4, -0.2) is 11.5 Å². The monoisotopic (exact) mass is 218 g/mol. The number of hydrogen-bond donors (Lipinski definition) is 2. The SMILES string of the molecule is CCc1c(F)ccc2c3c([nH]c12)CCNC3. The smallest absolute Gasteiger partial charge is 0.128 e. The Kier molecular flexibility index (Phi) is 2.21. The molecule has 1 aliphatic rings. The van der Waals surface area contributed by atoms with Crippen molar-refractivity contribution in [2.45, 2.75) is 26.3 Å². The maximum atomic E-state index is 13.6. The van der Waals surface area contributed by atoms with Gasteiger partial charge in [0.2, 0.25) is 0 Å². The number of benzene rings is 1. The Labute approximate surface area is 93.9 Å². The van der Waals surface area contributed by atoms with Crippen molar-refractivity contribution in [3.63, 3.8) is 0 Å². The lowest BCUT2D eigenvalue weighted by atomic mass is 10.0. The van der Waals surface area contributed by atoms with Crippen molar-refractivity contribution < 1.29 is 4.39 Å². The molecule has 16 heavy (non-hydrogen) atoms. The van der Waals surface area contributed by atoms with Gasteiger partial charge in [0.25, 0.3) is 0 Å². The number of H-pyrrole nitrogens is 1. The average Bonchev–Trinajstić information content (AvgIpc) is 2.67. The van der Waals surface area contributed by atoms with Crippen molar-refractivity contribution >= 4 is 10.9 Å². The third kappa shape index (κ3) is 1.28. The Bertz CT molecular complexity index is 542. The van der Waals surface area contributed by atoms with Gasteiger partial charge in [-0.1, -0.05) is 6.92 Å². The van der Waals surface area contributed by atoms with E-state index in [4.69, 9.17) is 0 Å². The molecule has 0 unspecified atom stereocenters. The van der Waals surface area contributed by atoms with Gasteiger partial charge in [-0.05, 0) is 24.1 Å². The molecule has 0 spiro atoms. The Morgan fingerprint density at radius 3 is 3.06 bits per heavy atom. The van der Waals surface area contributed by atoms with E-state index in [2.05, 4.69) is 10.3 Å². The molecule has 0 atom stereocenters. The summed E-state index contributed by atoms with van der Waals surface area (Å²) in [6, 6.07) is 3.48. The van der Waals surface area contributed by atoms with Crippen molar-refractivity contribution in [1.29, 1.82) is 0 Å². The molecule has 0 fully saturated rings. The summed E-state index contributed by atoms with van der Waals surface area (Å²) in [5, 5.41) is 4.54. The number of aromatic amines is 1. The second-order valence-corrected chi connectivity index (χ2v) is 4.31. The minimum atomic E-state index is -0.0958. The summed E-state index contributed by atoms with van der Waals surface area (Å²) in [6.07, 6.45) is 1.74. The van der Waals surface area contributed by atoms with E-state index in [1.165, 1.54) is 16.6 Å². The van der Waals surface area contributed by atoms with Gasteiger partial charge >= 0.3 is 0 Å². The Hall–Kier alpha value is -1.35. The van der Waals surface area contributed by atoms with E-state index in [1.54, 1.807) is 6.07 Å². The number of nitrogens with one attached hydrogen (secondary N) is 2. The highest BCUT2D eigenvalue weighted by Crippen LogP contribution is 2.28. The molecule has 1 aromatic heterocycles. The van der Waals surface area contributed by atoms with E-state index in [0.717, 1.165) is 37.0 Å². The second-order valence-electron chi connectivity index (χ2n) is 4.31. The van der Waals surface area contributed by atoms with Crippen molar-refractivity contribution in [2.24, 2.45) is 0 Å². The molecule has 1 aliphatic heterocycles. The molecule has 0 amide bonds. The van der Waals surface area contributed by atoms with E-state index in [1.807, 2.05) is 13.0 Å². The average molecular weight is 218 g/mol. The maximum Gasteiger partial charge on any atom is 0.128 e. The fourth-order valence-electron chi connectivity index (χ4n) is 2.59. The summed E-state index contributed by atoms with van der Waals surface area (Å²) in [5.74, 6) is -0.0958. The summed E-state index contributed by atoms with van der Waals surface area (Å²) >= 11 is 0. The Balaban J connectivity index is 2.33.